The molecule has 0 spiro atoms. The van der Waals surface area contributed by atoms with Crippen molar-refractivity contribution in [1.29, 1.82) is 0 Å². The maximum atomic E-state index is 13.0. The van der Waals surface area contributed by atoms with Crippen LogP contribution in [0.5, 0.6) is 0 Å². The van der Waals surface area contributed by atoms with Gasteiger partial charge in [-0.1, -0.05) is 43.2 Å². The molecule has 3 aromatic heterocycles. The standard InChI is InChI=1S/C22H15ClF5N5S/c1-32(19-11-21-31-30-13-33(21)20-10-16(23)6-7-18(19)20)17-4-2-3-14(9-17)15-5-8-22(29-12-15)34(24,25,26,27)28/h2-13H,1H3. The Balaban J connectivity index is 1.57. The number of hydrogen-bond acceptors (Lipinski definition) is 4. The first-order valence-corrected chi connectivity index (χ1v) is 12.1. The third-order valence-electron chi connectivity index (χ3n) is 5.39. The van der Waals surface area contributed by atoms with Crippen molar-refractivity contribution in [3.63, 3.8) is 0 Å². The van der Waals surface area contributed by atoms with E-state index in [2.05, 4.69) is 15.2 Å². The third kappa shape index (κ3) is 4.01. The van der Waals surface area contributed by atoms with Crippen LogP contribution >= 0.6 is 21.8 Å². The van der Waals surface area contributed by atoms with Gasteiger partial charge in [0, 0.05) is 41.0 Å². The van der Waals surface area contributed by atoms with Gasteiger partial charge in [-0.15, -0.1) is 10.2 Å². The summed E-state index contributed by atoms with van der Waals surface area (Å²) >= 11 is 6.19. The monoisotopic (exact) mass is 511 g/mol. The lowest BCUT2D eigenvalue weighted by Gasteiger charge is -2.39. The van der Waals surface area contributed by atoms with Gasteiger partial charge in [0.25, 0.3) is 0 Å². The predicted molar refractivity (Wildman–Crippen MR) is 125 cm³/mol. The van der Waals surface area contributed by atoms with E-state index in [-0.39, 0.29) is 5.56 Å². The van der Waals surface area contributed by atoms with Gasteiger partial charge in [0.1, 0.15) is 6.33 Å². The Bertz CT molecular complexity index is 1570. The first kappa shape index (κ1) is 22.4. The Morgan fingerprint density at radius 1 is 0.912 bits per heavy atom. The van der Waals surface area contributed by atoms with Crippen molar-refractivity contribution in [2.75, 3.05) is 11.9 Å². The minimum Gasteiger partial charge on any atom is -0.344 e. The number of aromatic nitrogens is 4. The van der Waals surface area contributed by atoms with Gasteiger partial charge in [-0.25, -0.2) is 4.98 Å². The molecule has 2 aromatic carbocycles. The third-order valence-corrected chi connectivity index (χ3v) is 6.66. The molecule has 3 heterocycles. The van der Waals surface area contributed by atoms with Crippen LogP contribution in [0.3, 0.4) is 0 Å². The molecule has 0 saturated carbocycles. The molecule has 0 aliphatic heterocycles. The summed E-state index contributed by atoms with van der Waals surface area (Å²) in [5, 5.41) is 7.33. The molecule has 5 rings (SSSR count). The number of fused-ring (bicyclic) bond motifs is 3. The molecule has 5 aromatic rings. The van der Waals surface area contributed by atoms with Crippen LogP contribution in [0.2, 0.25) is 5.02 Å². The summed E-state index contributed by atoms with van der Waals surface area (Å²) in [6.45, 7) is 0. The van der Waals surface area contributed by atoms with Crippen molar-refractivity contribution in [1.82, 2.24) is 19.6 Å². The topological polar surface area (TPSA) is 46.3 Å². The first-order chi connectivity index (χ1) is 15.8. The maximum Gasteiger partial charge on any atom is 0.325 e. The second-order valence-corrected chi connectivity index (χ2v) is 10.5. The van der Waals surface area contributed by atoms with Gasteiger partial charge in [-0.05, 0) is 48.0 Å². The van der Waals surface area contributed by atoms with Crippen molar-refractivity contribution in [2.24, 2.45) is 0 Å². The van der Waals surface area contributed by atoms with E-state index in [1.165, 1.54) is 0 Å². The minimum atomic E-state index is -9.83. The van der Waals surface area contributed by atoms with E-state index in [0.29, 0.717) is 28.0 Å². The quantitative estimate of drug-likeness (QED) is 0.229. The molecule has 0 bridgehead atoms. The summed E-state index contributed by atoms with van der Waals surface area (Å²) in [5.74, 6) is 0. The van der Waals surface area contributed by atoms with Gasteiger partial charge in [-0.3, -0.25) is 4.40 Å². The van der Waals surface area contributed by atoms with Crippen LogP contribution in [0, 0.1) is 0 Å². The average molecular weight is 512 g/mol. The van der Waals surface area contributed by atoms with Crippen molar-refractivity contribution in [3.05, 3.63) is 78.2 Å². The van der Waals surface area contributed by atoms with Crippen LogP contribution in [0.15, 0.2) is 78.2 Å². The fourth-order valence-electron chi connectivity index (χ4n) is 3.74. The molecule has 34 heavy (non-hydrogen) atoms. The van der Waals surface area contributed by atoms with Gasteiger partial charge >= 0.3 is 10.2 Å². The summed E-state index contributed by atoms with van der Waals surface area (Å²) in [4.78, 5) is 4.89. The van der Waals surface area contributed by atoms with E-state index >= 15 is 0 Å². The molecule has 0 unspecified atom stereocenters. The molecule has 0 atom stereocenters. The van der Waals surface area contributed by atoms with E-state index in [1.54, 1.807) is 41.1 Å². The molecular weight excluding hydrogens is 497 g/mol. The van der Waals surface area contributed by atoms with Crippen molar-refractivity contribution in [3.8, 4) is 11.1 Å². The largest absolute Gasteiger partial charge is 0.344 e. The van der Waals surface area contributed by atoms with Gasteiger partial charge in [0.15, 0.2) is 10.7 Å². The Kier molecular flexibility index (Phi) is 4.47. The lowest BCUT2D eigenvalue weighted by atomic mass is 10.1. The highest BCUT2D eigenvalue weighted by Gasteiger charge is 2.67. The zero-order valence-electron chi connectivity index (χ0n) is 17.3. The molecule has 12 heteroatoms. The number of halogens is 6. The van der Waals surface area contributed by atoms with Crippen LogP contribution < -0.4 is 4.90 Å². The molecule has 0 fully saturated rings. The normalized spacial score (nSPS) is 14.2. The Labute approximate surface area is 195 Å². The number of nitrogens with zero attached hydrogens (tertiary/aromatic N) is 5. The van der Waals surface area contributed by atoms with Gasteiger partial charge in [0.2, 0.25) is 0 Å². The Hall–Kier alpha value is -3.44. The van der Waals surface area contributed by atoms with E-state index < -0.39 is 15.3 Å². The Morgan fingerprint density at radius 2 is 1.71 bits per heavy atom. The van der Waals surface area contributed by atoms with Gasteiger partial charge in [0.05, 0.1) is 11.2 Å². The number of anilines is 2. The lowest BCUT2D eigenvalue weighted by molar-refractivity contribution is 0.358. The summed E-state index contributed by atoms with van der Waals surface area (Å²) in [6, 6.07) is 15.5. The summed E-state index contributed by atoms with van der Waals surface area (Å²) < 4.78 is 66.8. The van der Waals surface area contributed by atoms with Crippen molar-refractivity contribution >= 4 is 49.7 Å². The van der Waals surface area contributed by atoms with Crippen molar-refractivity contribution < 1.29 is 19.4 Å². The molecule has 0 amide bonds. The summed E-state index contributed by atoms with van der Waals surface area (Å²) in [5.41, 5.74) is 3.67. The molecular formula is C22H15ClF5N5S. The first-order valence-electron chi connectivity index (χ1n) is 9.76. The highest BCUT2D eigenvalue weighted by atomic mass is 35.5. The second kappa shape index (κ2) is 6.80. The number of hydrogen-bond donors (Lipinski definition) is 0. The molecule has 5 nitrogen and oxygen atoms in total. The van der Waals surface area contributed by atoms with Crippen LogP contribution in [0.1, 0.15) is 0 Å². The smallest absolute Gasteiger partial charge is 0.325 e. The van der Waals surface area contributed by atoms with Crippen LogP contribution in [-0.4, -0.2) is 26.6 Å². The van der Waals surface area contributed by atoms with Crippen LogP contribution in [-0.2, 0) is 0 Å². The summed E-state index contributed by atoms with van der Waals surface area (Å²) in [6.07, 6.45) is 2.38. The van der Waals surface area contributed by atoms with E-state index in [4.69, 9.17) is 11.6 Å². The predicted octanol–water partition coefficient (Wildman–Crippen LogP) is 8.02. The molecule has 176 valence electrons. The second-order valence-electron chi connectivity index (χ2n) is 7.71. The fourth-order valence-corrected chi connectivity index (χ4v) is 4.48. The minimum absolute atomic E-state index is 0.269. The molecule has 0 radical (unpaired) electrons. The zero-order valence-corrected chi connectivity index (χ0v) is 18.9. The van der Waals surface area contributed by atoms with Gasteiger partial charge in [-0.2, -0.15) is 0 Å². The lowest BCUT2D eigenvalue weighted by Crippen LogP contribution is -2.11. The van der Waals surface area contributed by atoms with Gasteiger partial charge < -0.3 is 4.90 Å². The molecule has 0 aliphatic rings. The molecule has 0 saturated heterocycles. The SMILES string of the molecule is CN(c1cccc(-c2ccc(S(F)(F)(F)(F)F)nc2)c1)c1cc2nncn2c2cc(Cl)ccc12. The average Bonchev–Trinajstić information content (AvgIpc) is 3.26. The highest BCUT2D eigenvalue weighted by Crippen LogP contribution is 3.01. The highest BCUT2D eigenvalue weighted by molar-refractivity contribution is 8.45. The van der Waals surface area contributed by atoms with E-state index in [0.717, 1.165) is 28.9 Å². The van der Waals surface area contributed by atoms with Crippen molar-refractivity contribution in [2.45, 2.75) is 5.03 Å². The molecule has 0 aliphatic carbocycles. The fraction of sp³-hybridized carbons (Fsp3) is 0.0455. The summed E-state index contributed by atoms with van der Waals surface area (Å²) in [7, 11) is -8.01. The van der Waals surface area contributed by atoms with Crippen LogP contribution in [0.4, 0.5) is 30.8 Å². The molecule has 0 N–H and O–H groups in total. The number of benzene rings is 2. The van der Waals surface area contributed by atoms with E-state index in [1.807, 2.05) is 30.1 Å². The number of rotatable bonds is 4. The number of pyridine rings is 2. The van der Waals surface area contributed by atoms with E-state index in [9.17, 15) is 19.4 Å². The van der Waals surface area contributed by atoms with Crippen LogP contribution in [0.25, 0.3) is 27.7 Å². The Morgan fingerprint density at radius 3 is 2.41 bits per heavy atom. The zero-order chi connectivity index (χ0) is 24.4. The maximum absolute atomic E-state index is 13.0.